The van der Waals surface area contributed by atoms with Crippen molar-refractivity contribution in [1.29, 1.82) is 0 Å². The fourth-order valence-electron chi connectivity index (χ4n) is 5.89. The minimum Gasteiger partial charge on any atom is -0.335 e. The number of likely N-dealkylation sites (N-methyl/N-ethyl adjacent to an activating group) is 1. The first kappa shape index (κ1) is 26.5. The smallest absolute Gasteiger partial charge is 0.298 e. The molecule has 1 heterocycles. The lowest BCUT2D eigenvalue weighted by molar-refractivity contribution is -0.141. The number of likely N-dealkylation sites (tertiary alicyclic amines) is 1. The lowest BCUT2D eigenvalue weighted by Gasteiger charge is -2.35. The third-order valence-corrected chi connectivity index (χ3v) is 8.18. The first-order valence-corrected chi connectivity index (χ1v) is 13.4. The molecule has 1 N–H and O–H groups in total. The number of Topliss-reactive ketones (excluding diaryl/α,β-unsaturated/α-hetero) is 1. The molecule has 2 fully saturated rings. The fourth-order valence-corrected chi connectivity index (χ4v) is 5.89. The number of alkyl halides is 2. The number of benzene rings is 2. The SMILES string of the molecule is CN[C@@H](C)C(=O)C[C@H](C(=O)N1CCC[C@H]1c1cccc(C(F)(F)c2ccccc2)c1)C1CCCCC1. The highest BCUT2D eigenvalue weighted by atomic mass is 19.3. The van der Waals surface area contributed by atoms with Crippen LogP contribution in [0.4, 0.5) is 8.78 Å². The van der Waals surface area contributed by atoms with E-state index in [-0.39, 0.29) is 53.2 Å². The van der Waals surface area contributed by atoms with Crippen molar-refractivity contribution < 1.29 is 18.4 Å². The van der Waals surface area contributed by atoms with Crippen LogP contribution in [0, 0.1) is 11.8 Å². The molecule has 1 saturated carbocycles. The quantitative estimate of drug-likeness (QED) is 0.446. The van der Waals surface area contributed by atoms with Crippen LogP contribution in [0.3, 0.4) is 0 Å². The second-order valence-corrected chi connectivity index (χ2v) is 10.4. The standard InChI is InChI=1S/C30H38F2N2O2/c1-21(33-2)28(35)20-26(22-11-5-3-6-12-22)29(36)34-18-10-17-27(34)23-13-9-16-25(19-23)30(31,32)24-14-7-4-8-15-24/h4,7-9,13-16,19,21-22,26-27,33H,3,5-6,10-12,17-18,20H2,1-2H3/t21-,26-,27-/m0/s1. The number of hydrogen-bond donors (Lipinski definition) is 1. The largest absolute Gasteiger partial charge is 0.335 e. The number of nitrogens with one attached hydrogen (secondary N) is 1. The summed E-state index contributed by atoms with van der Waals surface area (Å²) in [6, 6.07) is 13.8. The zero-order valence-corrected chi connectivity index (χ0v) is 21.4. The Bertz CT molecular complexity index is 1040. The molecule has 1 aliphatic carbocycles. The summed E-state index contributed by atoms with van der Waals surface area (Å²) in [6.45, 7) is 2.43. The molecule has 4 rings (SSSR count). The molecule has 1 saturated heterocycles. The van der Waals surface area contributed by atoms with E-state index in [2.05, 4.69) is 5.32 Å². The predicted molar refractivity (Wildman–Crippen MR) is 138 cm³/mol. The summed E-state index contributed by atoms with van der Waals surface area (Å²) in [5.41, 5.74) is 0.634. The summed E-state index contributed by atoms with van der Waals surface area (Å²) in [6.07, 6.45) is 7.09. The van der Waals surface area contributed by atoms with Gasteiger partial charge in [0.2, 0.25) is 5.91 Å². The zero-order valence-electron chi connectivity index (χ0n) is 21.4. The van der Waals surface area contributed by atoms with Crippen molar-refractivity contribution in [3.8, 4) is 0 Å². The number of carbonyl (C=O) groups excluding carboxylic acids is 2. The molecule has 2 aromatic carbocycles. The maximum absolute atomic E-state index is 15.3. The van der Waals surface area contributed by atoms with Crippen molar-refractivity contribution in [2.24, 2.45) is 11.8 Å². The molecule has 4 nitrogen and oxygen atoms in total. The highest BCUT2D eigenvalue weighted by Crippen LogP contribution is 2.41. The van der Waals surface area contributed by atoms with Crippen LogP contribution < -0.4 is 5.32 Å². The highest BCUT2D eigenvalue weighted by Gasteiger charge is 2.40. The molecule has 0 unspecified atom stereocenters. The minimum absolute atomic E-state index is 0.0151. The van der Waals surface area contributed by atoms with Gasteiger partial charge in [0.05, 0.1) is 12.1 Å². The van der Waals surface area contributed by atoms with E-state index >= 15 is 8.78 Å². The van der Waals surface area contributed by atoms with Crippen LogP contribution in [0.25, 0.3) is 0 Å². The summed E-state index contributed by atoms with van der Waals surface area (Å²) in [7, 11) is 1.76. The molecule has 0 spiro atoms. The van der Waals surface area contributed by atoms with Crippen LogP contribution in [0.5, 0.6) is 0 Å². The maximum atomic E-state index is 15.3. The molecular weight excluding hydrogens is 458 g/mol. The maximum Gasteiger partial charge on any atom is 0.298 e. The number of carbonyl (C=O) groups is 2. The Balaban J connectivity index is 1.59. The molecule has 194 valence electrons. The predicted octanol–water partition coefficient (Wildman–Crippen LogP) is 6.25. The fraction of sp³-hybridized carbons (Fsp3) is 0.533. The van der Waals surface area contributed by atoms with Gasteiger partial charge in [0.1, 0.15) is 5.78 Å². The Labute approximate surface area is 213 Å². The van der Waals surface area contributed by atoms with Crippen LogP contribution >= 0.6 is 0 Å². The third kappa shape index (κ3) is 5.69. The summed E-state index contributed by atoms with van der Waals surface area (Å²) < 4.78 is 30.6. The molecule has 2 aromatic rings. The van der Waals surface area contributed by atoms with Gasteiger partial charge in [0.25, 0.3) is 5.92 Å². The summed E-state index contributed by atoms with van der Waals surface area (Å²) in [5, 5.41) is 3.00. The van der Waals surface area contributed by atoms with Gasteiger partial charge in [-0.1, -0.05) is 67.8 Å². The van der Waals surface area contributed by atoms with Crippen molar-refractivity contribution in [1.82, 2.24) is 10.2 Å². The second kappa shape index (κ2) is 11.6. The first-order chi connectivity index (χ1) is 17.3. The normalized spacial score (nSPS) is 20.8. The lowest BCUT2D eigenvalue weighted by Crippen LogP contribution is -2.42. The van der Waals surface area contributed by atoms with Gasteiger partial charge in [-0.2, -0.15) is 8.78 Å². The molecule has 1 amide bonds. The van der Waals surface area contributed by atoms with Gasteiger partial charge in [-0.3, -0.25) is 9.59 Å². The monoisotopic (exact) mass is 496 g/mol. The molecule has 6 heteroatoms. The topological polar surface area (TPSA) is 49.4 Å². The van der Waals surface area contributed by atoms with Crippen LogP contribution in [0.1, 0.15) is 81.0 Å². The Morgan fingerprint density at radius 1 is 0.972 bits per heavy atom. The molecule has 0 radical (unpaired) electrons. The van der Waals surface area contributed by atoms with Gasteiger partial charge in [-0.25, -0.2) is 0 Å². The molecule has 3 atom stereocenters. The van der Waals surface area contributed by atoms with E-state index in [0.717, 1.165) is 44.1 Å². The lowest BCUT2D eigenvalue weighted by atomic mass is 9.76. The molecule has 1 aliphatic heterocycles. The van der Waals surface area contributed by atoms with Crippen molar-refractivity contribution in [2.45, 2.75) is 76.3 Å². The van der Waals surface area contributed by atoms with E-state index < -0.39 is 5.92 Å². The van der Waals surface area contributed by atoms with E-state index in [9.17, 15) is 9.59 Å². The summed E-state index contributed by atoms with van der Waals surface area (Å²) in [5.74, 6) is -3.19. The average Bonchev–Trinajstić information content (AvgIpc) is 3.42. The Hall–Kier alpha value is -2.60. The van der Waals surface area contributed by atoms with E-state index in [1.54, 1.807) is 37.4 Å². The van der Waals surface area contributed by atoms with Gasteiger partial charge in [-0.15, -0.1) is 0 Å². The first-order valence-electron chi connectivity index (χ1n) is 13.4. The number of nitrogens with zero attached hydrogens (tertiary/aromatic N) is 1. The Morgan fingerprint density at radius 3 is 2.36 bits per heavy atom. The van der Waals surface area contributed by atoms with Gasteiger partial charge in [-0.05, 0) is 57.2 Å². The number of hydrogen-bond acceptors (Lipinski definition) is 3. The van der Waals surface area contributed by atoms with E-state index in [1.165, 1.54) is 24.6 Å². The number of rotatable bonds is 9. The molecule has 36 heavy (non-hydrogen) atoms. The van der Waals surface area contributed by atoms with E-state index in [0.29, 0.717) is 6.54 Å². The van der Waals surface area contributed by atoms with Gasteiger partial charge in [0, 0.05) is 30.0 Å². The highest BCUT2D eigenvalue weighted by molar-refractivity contribution is 5.90. The van der Waals surface area contributed by atoms with Crippen molar-refractivity contribution in [3.63, 3.8) is 0 Å². The van der Waals surface area contributed by atoms with E-state index in [4.69, 9.17) is 0 Å². The molecule has 2 aliphatic rings. The molecular formula is C30H38F2N2O2. The zero-order chi connectivity index (χ0) is 25.7. The van der Waals surface area contributed by atoms with Crippen LogP contribution in [-0.4, -0.2) is 36.2 Å². The van der Waals surface area contributed by atoms with Crippen molar-refractivity contribution in [2.75, 3.05) is 13.6 Å². The number of amides is 1. The Morgan fingerprint density at radius 2 is 1.67 bits per heavy atom. The van der Waals surface area contributed by atoms with Crippen LogP contribution in [0.15, 0.2) is 54.6 Å². The molecule has 0 bridgehead atoms. The van der Waals surface area contributed by atoms with Gasteiger partial charge < -0.3 is 10.2 Å². The van der Waals surface area contributed by atoms with Gasteiger partial charge in [0.15, 0.2) is 0 Å². The van der Waals surface area contributed by atoms with Gasteiger partial charge >= 0.3 is 0 Å². The average molecular weight is 497 g/mol. The van der Waals surface area contributed by atoms with Crippen molar-refractivity contribution in [3.05, 3.63) is 71.3 Å². The van der Waals surface area contributed by atoms with Crippen molar-refractivity contribution >= 4 is 11.7 Å². The third-order valence-electron chi connectivity index (χ3n) is 8.18. The summed E-state index contributed by atoms with van der Waals surface area (Å²) in [4.78, 5) is 28.7. The Kier molecular flexibility index (Phi) is 8.55. The number of ketones is 1. The molecule has 0 aromatic heterocycles. The summed E-state index contributed by atoms with van der Waals surface area (Å²) >= 11 is 0. The number of halogens is 2. The van der Waals surface area contributed by atoms with E-state index in [1.807, 2.05) is 17.9 Å². The minimum atomic E-state index is -3.12. The van der Waals surface area contributed by atoms with Crippen LogP contribution in [0.2, 0.25) is 0 Å². The van der Waals surface area contributed by atoms with Crippen LogP contribution in [-0.2, 0) is 15.5 Å². The second-order valence-electron chi connectivity index (χ2n) is 10.4.